The van der Waals surface area contributed by atoms with Gasteiger partial charge in [0.2, 0.25) is 0 Å². The summed E-state index contributed by atoms with van der Waals surface area (Å²) in [5, 5.41) is 11.8. The number of Topliss-reactive ketones (excluding diaryl/α,β-unsaturated/α-hetero) is 1. The quantitative estimate of drug-likeness (QED) is 0.477. The normalized spacial score (nSPS) is 17.8. The summed E-state index contributed by atoms with van der Waals surface area (Å²) < 4.78 is 0. The van der Waals surface area contributed by atoms with Crippen molar-refractivity contribution in [3.05, 3.63) is 94.0 Å². The van der Waals surface area contributed by atoms with Crippen LogP contribution in [0, 0.1) is 6.92 Å². The van der Waals surface area contributed by atoms with Gasteiger partial charge in [0.25, 0.3) is 5.91 Å². The topological polar surface area (TPSA) is 83.6 Å². The molecule has 3 N–H and O–H groups in total. The molecule has 1 atom stereocenters. The number of nitrogen functional groups attached to an aromatic ring is 1. The van der Waals surface area contributed by atoms with Crippen LogP contribution in [0.15, 0.2) is 66.7 Å². The summed E-state index contributed by atoms with van der Waals surface area (Å²) in [5.41, 5.74) is 7.48. The second-order valence-corrected chi connectivity index (χ2v) is 8.06. The lowest BCUT2D eigenvalue weighted by molar-refractivity contribution is -0.136. The van der Waals surface area contributed by atoms with E-state index in [2.05, 4.69) is 0 Å². The van der Waals surface area contributed by atoms with Crippen LogP contribution in [0.3, 0.4) is 0 Å². The number of nitrogens with two attached hydrogens (primary N) is 1. The van der Waals surface area contributed by atoms with Gasteiger partial charge in [-0.1, -0.05) is 53.6 Å². The molecular formula is C24H21ClN2O3. The van der Waals surface area contributed by atoms with Gasteiger partial charge in [0.05, 0.1) is 18.7 Å². The molecule has 0 radical (unpaired) electrons. The Balaban J connectivity index is 1.71. The van der Waals surface area contributed by atoms with Gasteiger partial charge in [-0.2, -0.15) is 0 Å². The summed E-state index contributed by atoms with van der Waals surface area (Å²) in [4.78, 5) is 27.7. The minimum absolute atomic E-state index is 0.280. The molecule has 30 heavy (non-hydrogen) atoms. The molecule has 3 aromatic rings. The third-order valence-electron chi connectivity index (χ3n) is 5.38. The van der Waals surface area contributed by atoms with Crippen molar-refractivity contribution in [3.8, 4) is 0 Å². The number of anilines is 2. The number of nitrogens with zero attached hydrogens (tertiary/aromatic N) is 1. The maximum Gasteiger partial charge on any atom is 0.264 e. The average molecular weight is 421 g/mol. The highest BCUT2D eigenvalue weighted by atomic mass is 35.5. The second-order valence-electron chi connectivity index (χ2n) is 7.62. The van der Waals surface area contributed by atoms with E-state index in [1.807, 2.05) is 31.2 Å². The van der Waals surface area contributed by atoms with Gasteiger partial charge in [-0.15, -0.1) is 0 Å². The van der Waals surface area contributed by atoms with Crippen LogP contribution in [0.2, 0.25) is 5.02 Å². The number of halogens is 1. The number of carbonyl (C=O) groups is 2. The SMILES string of the molecule is Cc1ccc(CN2C(=O)[C@@](O)(CC(=O)c3cccc(N)c3)c3cc(Cl)ccc32)cc1. The van der Waals surface area contributed by atoms with E-state index in [0.717, 1.165) is 11.1 Å². The van der Waals surface area contributed by atoms with Crippen molar-refractivity contribution in [2.24, 2.45) is 0 Å². The Kier molecular flexibility index (Phi) is 5.10. The van der Waals surface area contributed by atoms with Crippen LogP contribution in [-0.4, -0.2) is 16.8 Å². The Labute approximate surface area is 179 Å². The standard InChI is InChI=1S/C24H21ClN2O3/c1-15-5-7-16(8-6-15)14-27-21-10-9-18(25)12-20(21)24(30,23(27)29)13-22(28)17-3-2-4-19(26)11-17/h2-12,30H,13-14,26H2,1H3/t24-/m1/s1. The molecule has 3 aromatic carbocycles. The fourth-order valence-electron chi connectivity index (χ4n) is 3.77. The molecule has 152 valence electrons. The lowest BCUT2D eigenvalue weighted by Gasteiger charge is -2.23. The first-order chi connectivity index (χ1) is 14.3. The van der Waals surface area contributed by atoms with Gasteiger partial charge in [-0.3, -0.25) is 9.59 Å². The lowest BCUT2D eigenvalue weighted by Crippen LogP contribution is -2.41. The van der Waals surface area contributed by atoms with Crippen molar-refractivity contribution in [2.45, 2.75) is 25.5 Å². The maximum absolute atomic E-state index is 13.4. The van der Waals surface area contributed by atoms with Crippen LogP contribution >= 0.6 is 11.6 Å². The number of fused-ring (bicyclic) bond motifs is 1. The van der Waals surface area contributed by atoms with E-state index in [1.54, 1.807) is 36.4 Å². The van der Waals surface area contributed by atoms with E-state index in [1.165, 1.54) is 11.0 Å². The predicted octanol–water partition coefficient (Wildman–Crippen LogP) is 4.24. The fourth-order valence-corrected chi connectivity index (χ4v) is 3.95. The summed E-state index contributed by atoms with van der Waals surface area (Å²) in [5.74, 6) is -0.918. The third-order valence-corrected chi connectivity index (χ3v) is 5.62. The van der Waals surface area contributed by atoms with Gasteiger partial charge in [0, 0.05) is 21.8 Å². The summed E-state index contributed by atoms with van der Waals surface area (Å²) >= 11 is 6.16. The van der Waals surface area contributed by atoms with Crippen molar-refractivity contribution < 1.29 is 14.7 Å². The van der Waals surface area contributed by atoms with Gasteiger partial charge in [0.15, 0.2) is 11.4 Å². The zero-order valence-electron chi connectivity index (χ0n) is 16.4. The minimum Gasteiger partial charge on any atom is -0.399 e. The number of carbonyl (C=O) groups excluding carboxylic acids is 2. The lowest BCUT2D eigenvalue weighted by atomic mass is 9.88. The second kappa shape index (κ2) is 7.59. The first kappa shape index (κ1) is 20.1. The maximum atomic E-state index is 13.4. The summed E-state index contributed by atoms with van der Waals surface area (Å²) in [7, 11) is 0. The molecule has 4 rings (SSSR count). The van der Waals surface area contributed by atoms with Crippen LogP contribution < -0.4 is 10.6 Å². The zero-order chi connectivity index (χ0) is 21.5. The highest BCUT2D eigenvalue weighted by molar-refractivity contribution is 6.31. The number of rotatable bonds is 5. The predicted molar refractivity (Wildman–Crippen MR) is 118 cm³/mol. The smallest absolute Gasteiger partial charge is 0.264 e. The number of amides is 1. The van der Waals surface area contributed by atoms with Crippen molar-refractivity contribution in [1.82, 2.24) is 0 Å². The molecule has 5 nitrogen and oxygen atoms in total. The van der Waals surface area contributed by atoms with Gasteiger partial charge in [-0.05, 0) is 42.8 Å². The first-order valence-electron chi connectivity index (χ1n) is 9.56. The van der Waals surface area contributed by atoms with E-state index in [4.69, 9.17) is 17.3 Å². The number of hydrogen-bond donors (Lipinski definition) is 2. The molecule has 1 heterocycles. The monoisotopic (exact) mass is 420 g/mol. The van der Waals surface area contributed by atoms with Crippen LogP contribution in [-0.2, 0) is 16.9 Å². The molecule has 0 aromatic heterocycles. The van der Waals surface area contributed by atoms with E-state index in [9.17, 15) is 14.7 Å². The largest absolute Gasteiger partial charge is 0.399 e. The average Bonchev–Trinajstić information content (AvgIpc) is 2.91. The third kappa shape index (κ3) is 3.58. The Bertz CT molecular complexity index is 1140. The van der Waals surface area contributed by atoms with Crippen molar-refractivity contribution in [3.63, 3.8) is 0 Å². The molecule has 0 spiro atoms. The van der Waals surface area contributed by atoms with E-state index < -0.39 is 17.9 Å². The Morgan fingerprint density at radius 3 is 2.53 bits per heavy atom. The van der Waals surface area contributed by atoms with E-state index in [-0.39, 0.29) is 12.3 Å². The first-order valence-corrected chi connectivity index (χ1v) is 9.94. The highest BCUT2D eigenvalue weighted by Gasteiger charge is 2.51. The van der Waals surface area contributed by atoms with E-state index in [0.29, 0.717) is 27.5 Å². The molecule has 0 fully saturated rings. The van der Waals surface area contributed by atoms with Crippen molar-refractivity contribution >= 4 is 34.7 Å². The van der Waals surface area contributed by atoms with Gasteiger partial charge in [0.1, 0.15) is 0 Å². The highest BCUT2D eigenvalue weighted by Crippen LogP contribution is 2.44. The molecule has 0 aliphatic carbocycles. The Hall–Kier alpha value is -3.15. The Morgan fingerprint density at radius 1 is 1.10 bits per heavy atom. The summed E-state index contributed by atoms with van der Waals surface area (Å²) in [6.07, 6.45) is -0.396. The van der Waals surface area contributed by atoms with Crippen molar-refractivity contribution in [1.29, 1.82) is 0 Å². The molecule has 0 saturated heterocycles. The molecule has 0 bridgehead atoms. The number of ketones is 1. The molecule has 0 saturated carbocycles. The molecule has 0 unspecified atom stereocenters. The zero-order valence-corrected chi connectivity index (χ0v) is 17.2. The van der Waals surface area contributed by atoms with Crippen LogP contribution in [0.25, 0.3) is 0 Å². The number of aryl methyl sites for hydroxylation is 1. The summed E-state index contributed by atoms with van der Waals surface area (Å²) in [6.45, 7) is 2.27. The molecule has 1 aliphatic heterocycles. The number of hydrogen-bond acceptors (Lipinski definition) is 4. The van der Waals surface area contributed by atoms with Crippen molar-refractivity contribution in [2.75, 3.05) is 10.6 Å². The molecule has 6 heteroatoms. The van der Waals surface area contributed by atoms with Crippen LogP contribution in [0.4, 0.5) is 11.4 Å². The van der Waals surface area contributed by atoms with Gasteiger partial charge in [-0.25, -0.2) is 0 Å². The number of benzene rings is 3. The minimum atomic E-state index is -1.99. The fraction of sp³-hybridized carbons (Fsp3) is 0.167. The van der Waals surface area contributed by atoms with Gasteiger partial charge < -0.3 is 15.7 Å². The van der Waals surface area contributed by atoms with Crippen LogP contribution in [0.5, 0.6) is 0 Å². The van der Waals surface area contributed by atoms with Crippen LogP contribution in [0.1, 0.15) is 33.5 Å². The van der Waals surface area contributed by atoms with Gasteiger partial charge >= 0.3 is 0 Å². The molecule has 1 aliphatic rings. The van der Waals surface area contributed by atoms with E-state index >= 15 is 0 Å². The molecule has 1 amide bonds. The number of aliphatic hydroxyl groups is 1. The Morgan fingerprint density at radius 2 is 1.83 bits per heavy atom. The molecular weight excluding hydrogens is 400 g/mol. The summed E-state index contributed by atoms with van der Waals surface area (Å²) in [6, 6.07) is 19.2.